The van der Waals surface area contributed by atoms with Crippen LogP contribution in [0.1, 0.15) is 48.1 Å². The molecule has 0 saturated heterocycles. The third kappa shape index (κ3) is 5.30. The van der Waals surface area contributed by atoms with Crippen LogP contribution >= 0.6 is 0 Å². The van der Waals surface area contributed by atoms with Gasteiger partial charge in [0.1, 0.15) is 6.04 Å². The molecule has 1 aromatic heterocycles. The molecule has 0 spiro atoms. The minimum atomic E-state index is -4.41. The monoisotopic (exact) mass is 467 g/mol. The number of pyridine rings is 1. The van der Waals surface area contributed by atoms with E-state index in [2.05, 4.69) is 4.98 Å². The number of rotatable bonds is 8. The summed E-state index contributed by atoms with van der Waals surface area (Å²) >= 11 is 0. The molecule has 0 radical (unpaired) electrons. The number of benzene rings is 2. The van der Waals surface area contributed by atoms with Crippen molar-refractivity contribution in [3.63, 3.8) is 0 Å². The van der Waals surface area contributed by atoms with Gasteiger partial charge in [-0.25, -0.2) is 0 Å². The summed E-state index contributed by atoms with van der Waals surface area (Å²) in [5.41, 5.74) is 2.46. The summed E-state index contributed by atoms with van der Waals surface area (Å²) in [5, 5.41) is 0. The van der Waals surface area contributed by atoms with Crippen molar-refractivity contribution < 1.29 is 18.0 Å². The van der Waals surface area contributed by atoms with Gasteiger partial charge in [-0.1, -0.05) is 49.4 Å². The highest BCUT2D eigenvalue weighted by Gasteiger charge is 2.40. The Balaban J connectivity index is 1.72. The van der Waals surface area contributed by atoms with Crippen LogP contribution in [-0.2, 0) is 23.9 Å². The summed E-state index contributed by atoms with van der Waals surface area (Å²) in [5.74, 6) is -0.132. The van der Waals surface area contributed by atoms with Crippen LogP contribution in [0.5, 0.6) is 0 Å². The molecular formula is C27H28F3N3O. The van der Waals surface area contributed by atoms with Gasteiger partial charge in [0.2, 0.25) is 5.91 Å². The minimum absolute atomic E-state index is 0.124. The number of aryl methyl sites for hydroxylation is 1. The number of hydrogen-bond donors (Lipinski definition) is 0. The highest BCUT2D eigenvalue weighted by atomic mass is 19.4. The Labute approximate surface area is 198 Å². The lowest BCUT2D eigenvalue weighted by Crippen LogP contribution is -2.42. The largest absolute Gasteiger partial charge is 0.416 e. The number of amides is 1. The van der Waals surface area contributed by atoms with Gasteiger partial charge in [-0.15, -0.1) is 0 Å². The second-order valence-electron chi connectivity index (χ2n) is 8.67. The molecule has 3 aromatic rings. The van der Waals surface area contributed by atoms with Crippen LogP contribution in [0, 0.1) is 0 Å². The predicted molar refractivity (Wildman–Crippen MR) is 126 cm³/mol. The maximum atomic E-state index is 14.0. The van der Waals surface area contributed by atoms with Crippen LogP contribution in [0.4, 0.5) is 18.9 Å². The van der Waals surface area contributed by atoms with E-state index in [1.807, 2.05) is 42.2 Å². The normalized spacial score (nSPS) is 14.8. The van der Waals surface area contributed by atoms with Gasteiger partial charge in [0.05, 0.1) is 5.56 Å². The molecule has 2 aromatic carbocycles. The number of hydrogen-bond acceptors (Lipinski definition) is 3. The number of para-hydroxylation sites is 1. The first-order valence-corrected chi connectivity index (χ1v) is 11.5. The van der Waals surface area contributed by atoms with Crippen molar-refractivity contribution in [2.75, 3.05) is 11.9 Å². The summed E-state index contributed by atoms with van der Waals surface area (Å²) in [6, 6.07) is 16.2. The van der Waals surface area contributed by atoms with Crippen LogP contribution in [0.25, 0.3) is 0 Å². The lowest BCUT2D eigenvalue weighted by atomic mass is 10.0. The molecule has 178 valence electrons. The molecule has 0 N–H and O–H groups in total. The molecule has 1 fully saturated rings. The zero-order chi connectivity index (χ0) is 24.3. The zero-order valence-corrected chi connectivity index (χ0v) is 19.3. The van der Waals surface area contributed by atoms with Crippen molar-refractivity contribution in [3.8, 4) is 0 Å². The first kappa shape index (κ1) is 24.0. The topological polar surface area (TPSA) is 36.4 Å². The van der Waals surface area contributed by atoms with Crippen LogP contribution in [0.3, 0.4) is 0 Å². The van der Waals surface area contributed by atoms with Crippen molar-refractivity contribution in [1.82, 2.24) is 9.88 Å². The van der Waals surface area contributed by atoms with Gasteiger partial charge >= 0.3 is 6.18 Å². The summed E-state index contributed by atoms with van der Waals surface area (Å²) in [4.78, 5) is 21.9. The highest BCUT2D eigenvalue weighted by Crippen LogP contribution is 2.38. The number of anilines is 1. The van der Waals surface area contributed by atoms with Crippen molar-refractivity contribution >= 4 is 11.6 Å². The predicted octanol–water partition coefficient (Wildman–Crippen LogP) is 6.03. The molecular weight excluding hydrogens is 439 g/mol. The van der Waals surface area contributed by atoms with E-state index < -0.39 is 17.8 Å². The number of carbonyl (C=O) groups is 1. The maximum Gasteiger partial charge on any atom is 0.416 e. The molecule has 1 aliphatic rings. The van der Waals surface area contributed by atoms with Gasteiger partial charge < -0.3 is 4.90 Å². The fourth-order valence-corrected chi connectivity index (χ4v) is 4.35. The molecule has 1 unspecified atom stereocenters. The maximum absolute atomic E-state index is 14.0. The zero-order valence-electron chi connectivity index (χ0n) is 19.3. The van der Waals surface area contributed by atoms with Gasteiger partial charge in [-0.05, 0) is 54.2 Å². The van der Waals surface area contributed by atoms with Crippen molar-refractivity contribution in [1.29, 1.82) is 0 Å². The molecule has 4 nitrogen and oxygen atoms in total. The van der Waals surface area contributed by atoms with E-state index in [1.165, 1.54) is 12.1 Å². The first-order valence-electron chi connectivity index (χ1n) is 11.5. The van der Waals surface area contributed by atoms with Crippen LogP contribution in [0.2, 0.25) is 0 Å². The summed E-state index contributed by atoms with van der Waals surface area (Å²) < 4.78 is 39.9. The van der Waals surface area contributed by atoms with E-state index in [-0.39, 0.29) is 18.5 Å². The molecule has 1 aliphatic carbocycles. The number of aromatic nitrogens is 1. The van der Waals surface area contributed by atoms with Crippen molar-refractivity contribution in [3.05, 3.63) is 95.3 Å². The molecule has 1 atom stereocenters. The lowest BCUT2D eigenvalue weighted by molar-refractivity contribution is -0.137. The second-order valence-corrected chi connectivity index (χ2v) is 8.67. The standard InChI is InChI=1S/C27H28F3N3O/c1-3-20-9-4-5-12-24(20)32(2)26(34)25(21-10-7-15-31-17-21)33(23-13-14-23)18-19-8-6-11-22(16-19)27(28,29)30/h4-12,15-17,23,25H,3,13-14,18H2,1-2H3. The quantitative estimate of drug-likeness (QED) is 0.406. The van der Waals surface area contributed by atoms with E-state index in [1.54, 1.807) is 36.5 Å². The summed E-state index contributed by atoms with van der Waals surface area (Å²) in [6.45, 7) is 2.28. The Morgan fingerprint density at radius 2 is 1.85 bits per heavy atom. The van der Waals surface area contributed by atoms with Crippen molar-refractivity contribution in [2.45, 2.75) is 51.0 Å². The molecule has 0 bridgehead atoms. The van der Waals surface area contributed by atoms with Gasteiger partial charge in [0.25, 0.3) is 0 Å². The average Bonchev–Trinajstić information content (AvgIpc) is 3.69. The minimum Gasteiger partial charge on any atom is -0.314 e. The molecule has 1 saturated carbocycles. The van der Waals surface area contributed by atoms with Crippen LogP contribution in [0.15, 0.2) is 73.1 Å². The number of carbonyl (C=O) groups excluding carboxylic acids is 1. The highest BCUT2D eigenvalue weighted by molar-refractivity contribution is 5.98. The number of likely N-dealkylation sites (N-methyl/N-ethyl adjacent to an activating group) is 1. The van der Waals surface area contributed by atoms with Crippen LogP contribution in [-0.4, -0.2) is 28.9 Å². The number of nitrogens with zero attached hydrogens (tertiary/aromatic N) is 3. The third-order valence-corrected chi connectivity index (χ3v) is 6.27. The Kier molecular flexibility index (Phi) is 7.03. The number of alkyl halides is 3. The molecule has 4 rings (SSSR count). The SMILES string of the molecule is CCc1ccccc1N(C)C(=O)C(c1cccnc1)N(Cc1cccc(C(F)(F)F)c1)C1CC1. The molecule has 34 heavy (non-hydrogen) atoms. The summed E-state index contributed by atoms with van der Waals surface area (Å²) in [6.07, 6.45) is 1.49. The van der Waals surface area contributed by atoms with Crippen LogP contribution < -0.4 is 4.90 Å². The summed E-state index contributed by atoms with van der Waals surface area (Å²) in [7, 11) is 1.76. The Morgan fingerprint density at radius 3 is 2.50 bits per heavy atom. The fourth-order valence-electron chi connectivity index (χ4n) is 4.35. The van der Waals surface area contributed by atoms with E-state index in [0.29, 0.717) is 5.56 Å². The Morgan fingerprint density at radius 1 is 1.09 bits per heavy atom. The van der Waals surface area contributed by atoms with Gasteiger partial charge in [0, 0.05) is 37.7 Å². The molecule has 1 amide bonds. The Hall–Kier alpha value is -3.19. The second kappa shape index (κ2) is 9.97. The first-order chi connectivity index (χ1) is 16.3. The fraction of sp³-hybridized carbons (Fsp3) is 0.333. The number of halogens is 3. The molecule has 1 heterocycles. The third-order valence-electron chi connectivity index (χ3n) is 6.27. The van der Waals surface area contributed by atoms with E-state index >= 15 is 0 Å². The van der Waals surface area contributed by atoms with E-state index in [0.717, 1.165) is 42.1 Å². The average molecular weight is 468 g/mol. The lowest BCUT2D eigenvalue weighted by Gasteiger charge is -2.34. The smallest absolute Gasteiger partial charge is 0.314 e. The van der Waals surface area contributed by atoms with Crippen molar-refractivity contribution in [2.24, 2.45) is 0 Å². The van der Waals surface area contributed by atoms with Gasteiger partial charge in [-0.2, -0.15) is 13.2 Å². The van der Waals surface area contributed by atoms with Gasteiger partial charge in [0.15, 0.2) is 0 Å². The van der Waals surface area contributed by atoms with E-state index in [9.17, 15) is 18.0 Å². The molecule has 7 heteroatoms. The van der Waals surface area contributed by atoms with Gasteiger partial charge in [-0.3, -0.25) is 14.7 Å². The van der Waals surface area contributed by atoms with E-state index in [4.69, 9.17) is 0 Å². The molecule has 0 aliphatic heterocycles. The Bertz CT molecular complexity index is 1130.